The summed E-state index contributed by atoms with van der Waals surface area (Å²) in [6, 6.07) is 7.35. The number of unbranched alkanes of at least 4 members (excludes halogenated alkanes) is 2. The van der Waals surface area contributed by atoms with Crippen LogP contribution in [0.1, 0.15) is 57.1 Å². The van der Waals surface area contributed by atoms with Crippen molar-refractivity contribution in [2.75, 3.05) is 19.6 Å². The van der Waals surface area contributed by atoms with Gasteiger partial charge in [-0.15, -0.1) is 0 Å². The summed E-state index contributed by atoms with van der Waals surface area (Å²) in [5.41, 5.74) is 18.9. The van der Waals surface area contributed by atoms with E-state index in [9.17, 15) is 14.4 Å². The predicted molar refractivity (Wildman–Crippen MR) is 149 cm³/mol. The van der Waals surface area contributed by atoms with E-state index in [0.717, 1.165) is 48.9 Å². The van der Waals surface area contributed by atoms with Crippen molar-refractivity contribution in [3.8, 4) is 0 Å². The van der Waals surface area contributed by atoms with E-state index in [4.69, 9.17) is 11.5 Å². The van der Waals surface area contributed by atoms with Gasteiger partial charge in [0.05, 0.1) is 18.3 Å². The fourth-order valence-corrected chi connectivity index (χ4v) is 6.01. The van der Waals surface area contributed by atoms with Gasteiger partial charge in [0.1, 0.15) is 0 Å². The van der Waals surface area contributed by atoms with Gasteiger partial charge in [-0.2, -0.15) is 5.10 Å². The molecule has 0 spiro atoms. The van der Waals surface area contributed by atoms with Gasteiger partial charge in [-0.25, -0.2) is 0 Å². The van der Waals surface area contributed by atoms with Crippen LogP contribution in [0.25, 0.3) is 5.70 Å². The van der Waals surface area contributed by atoms with Crippen LogP contribution in [0.3, 0.4) is 0 Å². The number of nitrogens with two attached hydrogens (primary N) is 2. The number of nitrogens with zero attached hydrogens (tertiary/aromatic N) is 1. The first-order valence-electron chi connectivity index (χ1n) is 14.0. The molecular formula is C29H42N6O3. The van der Waals surface area contributed by atoms with E-state index in [0.29, 0.717) is 25.6 Å². The highest BCUT2D eigenvalue weighted by Crippen LogP contribution is 2.56. The van der Waals surface area contributed by atoms with Crippen LogP contribution >= 0.6 is 0 Å². The summed E-state index contributed by atoms with van der Waals surface area (Å²) in [4.78, 5) is 37.2. The Morgan fingerprint density at radius 3 is 2.58 bits per heavy atom. The molecule has 0 saturated heterocycles. The lowest BCUT2D eigenvalue weighted by Crippen LogP contribution is -2.43. The van der Waals surface area contributed by atoms with Crippen molar-refractivity contribution >= 4 is 29.4 Å². The fraction of sp³-hybridized carbons (Fsp3) is 0.586. The number of Topliss-reactive ketones (excluding diaryl/α,β-unsaturated/α-hetero) is 2. The van der Waals surface area contributed by atoms with Gasteiger partial charge >= 0.3 is 0 Å². The van der Waals surface area contributed by atoms with Crippen molar-refractivity contribution < 1.29 is 14.4 Å². The van der Waals surface area contributed by atoms with E-state index < -0.39 is 17.6 Å². The molecule has 1 aromatic rings. The standard InChI is InChI=1S/C29H42N6O3/c1-17(2)26(31)28(37)24(36)16-32-14-18-6-8-19(9-7-18)27-25-21-12-20(23(25)15-34-35-27)13-22(21)29(38)33-11-5-3-4-10-30/h6-9,15,17,20-23,26,32,35H,3-5,10-14,16,30-31H2,1-2H3,(H,33,38)/t20?,21?,22?,23?,26-/m0/s1. The number of nitrogens with one attached hydrogen (secondary N) is 3. The van der Waals surface area contributed by atoms with Gasteiger partial charge in [-0.05, 0) is 66.7 Å². The number of ketones is 2. The van der Waals surface area contributed by atoms with Crippen LogP contribution in [0.5, 0.6) is 0 Å². The molecule has 0 aromatic heterocycles. The minimum atomic E-state index is -0.759. The maximum absolute atomic E-state index is 13.0. The van der Waals surface area contributed by atoms with Gasteiger partial charge in [-0.3, -0.25) is 19.8 Å². The lowest BCUT2D eigenvalue weighted by molar-refractivity contribution is -0.137. The number of hydrazone groups is 1. The monoisotopic (exact) mass is 522 g/mol. The molecule has 2 fully saturated rings. The molecule has 9 heteroatoms. The third kappa shape index (κ3) is 6.22. The molecule has 4 rings (SSSR count). The molecule has 2 saturated carbocycles. The van der Waals surface area contributed by atoms with Gasteiger partial charge in [0.2, 0.25) is 17.5 Å². The van der Waals surface area contributed by atoms with Crippen LogP contribution in [0.2, 0.25) is 0 Å². The zero-order valence-electron chi connectivity index (χ0n) is 22.5. The minimum absolute atomic E-state index is 0.0107. The number of benzene rings is 1. The predicted octanol–water partition coefficient (Wildman–Crippen LogP) is 1.72. The molecular weight excluding hydrogens is 480 g/mol. The molecule has 1 heterocycles. The number of hydrogen-bond donors (Lipinski definition) is 5. The molecule has 2 bridgehead atoms. The Labute approximate surface area is 225 Å². The van der Waals surface area contributed by atoms with E-state index >= 15 is 0 Å². The Bertz CT molecular complexity index is 1080. The third-order valence-electron chi connectivity index (χ3n) is 8.24. The van der Waals surface area contributed by atoms with Crippen LogP contribution in [0, 0.1) is 29.6 Å². The van der Waals surface area contributed by atoms with Gasteiger partial charge in [0.25, 0.3) is 0 Å². The quantitative estimate of drug-likeness (QED) is 0.184. The summed E-state index contributed by atoms with van der Waals surface area (Å²) in [5.74, 6) is 0.0554. The number of amides is 1. The van der Waals surface area contributed by atoms with E-state index in [2.05, 4.69) is 21.2 Å². The van der Waals surface area contributed by atoms with E-state index in [1.807, 2.05) is 44.3 Å². The number of carbonyl (C=O) groups excluding carboxylic acids is 3. The van der Waals surface area contributed by atoms with Gasteiger partial charge in [0, 0.05) is 31.1 Å². The van der Waals surface area contributed by atoms with E-state index in [1.54, 1.807) is 0 Å². The second kappa shape index (κ2) is 12.8. The zero-order valence-corrected chi connectivity index (χ0v) is 22.5. The van der Waals surface area contributed by atoms with Crippen molar-refractivity contribution in [2.45, 2.75) is 58.5 Å². The molecule has 9 nitrogen and oxygen atoms in total. The third-order valence-corrected chi connectivity index (χ3v) is 8.24. The van der Waals surface area contributed by atoms with Crippen molar-refractivity contribution in [2.24, 2.45) is 46.2 Å². The number of rotatable bonds is 14. The lowest BCUT2D eigenvalue weighted by Gasteiger charge is -2.32. The molecule has 1 aromatic carbocycles. The van der Waals surface area contributed by atoms with Gasteiger partial charge < -0.3 is 22.1 Å². The normalized spacial score (nSPS) is 24.3. The lowest BCUT2D eigenvalue weighted by atomic mass is 9.76. The summed E-state index contributed by atoms with van der Waals surface area (Å²) >= 11 is 0. The van der Waals surface area contributed by atoms with Crippen molar-refractivity contribution in [3.63, 3.8) is 0 Å². The second-order valence-corrected chi connectivity index (χ2v) is 11.2. The molecule has 4 unspecified atom stereocenters. The highest BCUT2D eigenvalue weighted by Gasteiger charge is 2.53. The van der Waals surface area contributed by atoms with Crippen molar-refractivity contribution in [1.29, 1.82) is 0 Å². The Morgan fingerprint density at radius 1 is 1.11 bits per heavy atom. The minimum Gasteiger partial charge on any atom is -0.356 e. The summed E-state index contributed by atoms with van der Waals surface area (Å²) < 4.78 is 0. The summed E-state index contributed by atoms with van der Waals surface area (Å²) in [6.07, 6.45) is 6.94. The van der Waals surface area contributed by atoms with E-state index in [-0.39, 0.29) is 36.1 Å². The fourth-order valence-electron chi connectivity index (χ4n) is 6.01. The zero-order chi connectivity index (χ0) is 27.2. The number of allylic oxidation sites excluding steroid dienone is 1. The molecule has 0 radical (unpaired) electrons. The maximum atomic E-state index is 13.0. The highest BCUT2D eigenvalue weighted by atomic mass is 16.2. The largest absolute Gasteiger partial charge is 0.356 e. The summed E-state index contributed by atoms with van der Waals surface area (Å²) in [6.45, 7) is 5.49. The summed E-state index contributed by atoms with van der Waals surface area (Å²) in [5, 5.41) is 10.7. The first-order chi connectivity index (χ1) is 18.3. The molecule has 3 aliphatic rings. The molecule has 206 valence electrons. The molecule has 1 amide bonds. The molecule has 5 atom stereocenters. The smallest absolute Gasteiger partial charge is 0.223 e. The van der Waals surface area contributed by atoms with Gasteiger partial charge in [0.15, 0.2) is 0 Å². The Hall–Kier alpha value is -2.88. The molecule has 7 N–H and O–H groups in total. The second-order valence-electron chi connectivity index (χ2n) is 11.2. The average Bonchev–Trinajstić information content (AvgIpc) is 3.52. The maximum Gasteiger partial charge on any atom is 0.223 e. The highest BCUT2D eigenvalue weighted by molar-refractivity contribution is 6.39. The number of hydrogen-bond acceptors (Lipinski definition) is 8. The van der Waals surface area contributed by atoms with Crippen LogP contribution < -0.4 is 27.5 Å². The molecule has 1 aliphatic heterocycles. The molecule has 2 aliphatic carbocycles. The van der Waals surface area contributed by atoms with Crippen LogP contribution in [-0.4, -0.2) is 49.4 Å². The van der Waals surface area contributed by atoms with Crippen molar-refractivity contribution in [3.05, 3.63) is 41.0 Å². The van der Waals surface area contributed by atoms with Crippen LogP contribution in [0.15, 0.2) is 34.9 Å². The SMILES string of the molecule is CC(C)[C@H](N)C(=O)C(=O)CNCc1ccc(C2=C3C(C=NN2)C2CC(C(=O)NCCCCCN)C3C2)cc1. The molecule has 38 heavy (non-hydrogen) atoms. The first kappa shape index (κ1) is 28.1. The topological polar surface area (TPSA) is 152 Å². The Kier molecular flexibility index (Phi) is 9.46. The van der Waals surface area contributed by atoms with Crippen molar-refractivity contribution in [1.82, 2.24) is 16.1 Å². The van der Waals surface area contributed by atoms with E-state index in [1.165, 1.54) is 5.57 Å². The Morgan fingerprint density at radius 2 is 1.87 bits per heavy atom. The summed E-state index contributed by atoms with van der Waals surface area (Å²) in [7, 11) is 0. The van der Waals surface area contributed by atoms with Crippen LogP contribution in [0.4, 0.5) is 0 Å². The Balaban J connectivity index is 1.37. The number of fused-ring (bicyclic) bond motifs is 5. The van der Waals surface area contributed by atoms with Gasteiger partial charge in [-0.1, -0.05) is 44.5 Å². The average molecular weight is 523 g/mol. The number of carbonyl (C=O) groups is 3. The van der Waals surface area contributed by atoms with Crippen LogP contribution in [-0.2, 0) is 20.9 Å². The first-order valence-corrected chi connectivity index (χ1v) is 14.0.